The van der Waals surface area contributed by atoms with Crippen LogP contribution in [0.4, 0.5) is 0 Å². The second kappa shape index (κ2) is 9.43. The Bertz CT molecular complexity index is 875. The van der Waals surface area contributed by atoms with Crippen LogP contribution < -0.4 is 5.32 Å². The van der Waals surface area contributed by atoms with Crippen LogP contribution in [0.2, 0.25) is 0 Å². The lowest BCUT2D eigenvalue weighted by Crippen LogP contribution is -2.41. The molecule has 0 spiro atoms. The highest BCUT2D eigenvalue weighted by molar-refractivity contribution is 5.99. The maximum absolute atomic E-state index is 13.3. The molecule has 5 heteroatoms. The molecule has 2 aliphatic rings. The number of benzene rings is 2. The molecule has 30 heavy (non-hydrogen) atoms. The molecule has 0 aliphatic carbocycles. The van der Waals surface area contributed by atoms with Gasteiger partial charge in [-0.25, -0.2) is 0 Å². The monoisotopic (exact) mass is 405 g/mol. The predicted octanol–water partition coefficient (Wildman–Crippen LogP) is 3.27. The predicted molar refractivity (Wildman–Crippen MR) is 118 cm³/mol. The number of hydrogen-bond acceptors (Lipinski definition) is 3. The van der Waals surface area contributed by atoms with Gasteiger partial charge in [0.1, 0.15) is 0 Å². The van der Waals surface area contributed by atoms with Gasteiger partial charge in [0.25, 0.3) is 5.91 Å². The Morgan fingerprint density at radius 1 is 1.07 bits per heavy atom. The Kier molecular flexibility index (Phi) is 6.48. The van der Waals surface area contributed by atoms with E-state index < -0.39 is 0 Å². The van der Waals surface area contributed by atoms with Crippen LogP contribution in [-0.4, -0.2) is 54.8 Å². The highest BCUT2D eigenvalue weighted by Gasteiger charge is 2.31. The summed E-state index contributed by atoms with van der Waals surface area (Å²) in [7, 11) is 2.16. The van der Waals surface area contributed by atoms with E-state index in [1.165, 1.54) is 5.56 Å². The van der Waals surface area contributed by atoms with Crippen molar-refractivity contribution >= 4 is 11.8 Å². The Labute approximate surface area is 179 Å². The second-order valence-electron chi connectivity index (χ2n) is 8.64. The fourth-order valence-corrected chi connectivity index (χ4v) is 4.57. The molecule has 1 saturated heterocycles. The van der Waals surface area contributed by atoms with E-state index in [-0.39, 0.29) is 17.9 Å². The van der Waals surface area contributed by atoms with Gasteiger partial charge >= 0.3 is 0 Å². The number of fused-ring (bicyclic) bond motifs is 1. The quantitative estimate of drug-likeness (QED) is 0.769. The molecule has 2 amide bonds. The Hall–Kier alpha value is -2.66. The summed E-state index contributed by atoms with van der Waals surface area (Å²) >= 11 is 0. The summed E-state index contributed by atoms with van der Waals surface area (Å²) in [4.78, 5) is 30.0. The third-order valence-electron chi connectivity index (χ3n) is 6.45. The molecule has 158 valence electrons. The van der Waals surface area contributed by atoms with Gasteiger partial charge in [0, 0.05) is 18.7 Å². The lowest BCUT2D eigenvalue weighted by molar-refractivity contribution is -0.132. The number of hydrogen-bond donors (Lipinski definition) is 1. The number of amides is 2. The minimum absolute atomic E-state index is 0.0745. The number of nitrogens with zero attached hydrogens (tertiary/aromatic N) is 2. The molecule has 1 unspecified atom stereocenters. The SMILES string of the molecule is CN1CCC(CN(CCc2ccccc2)C(=O)CC2NC(=O)c3ccccc32)CC1. The minimum Gasteiger partial charge on any atom is -0.345 e. The number of likely N-dealkylation sites (tertiary alicyclic amines) is 1. The van der Waals surface area contributed by atoms with Crippen molar-refractivity contribution in [3.8, 4) is 0 Å². The van der Waals surface area contributed by atoms with Gasteiger partial charge in [-0.15, -0.1) is 0 Å². The van der Waals surface area contributed by atoms with Gasteiger partial charge in [0.05, 0.1) is 12.5 Å². The smallest absolute Gasteiger partial charge is 0.252 e. The van der Waals surface area contributed by atoms with Crippen molar-refractivity contribution in [2.24, 2.45) is 5.92 Å². The van der Waals surface area contributed by atoms with Crippen LogP contribution in [0.3, 0.4) is 0 Å². The third-order valence-corrected chi connectivity index (χ3v) is 6.45. The molecule has 0 radical (unpaired) electrons. The summed E-state index contributed by atoms with van der Waals surface area (Å²) in [6.45, 7) is 3.72. The first-order chi connectivity index (χ1) is 14.6. The summed E-state index contributed by atoms with van der Waals surface area (Å²) in [5.41, 5.74) is 2.89. The van der Waals surface area contributed by atoms with Gasteiger partial charge < -0.3 is 15.1 Å². The number of rotatable bonds is 7. The fraction of sp³-hybridized carbons (Fsp3) is 0.440. The third kappa shape index (κ3) is 4.90. The number of piperidine rings is 1. The van der Waals surface area contributed by atoms with Gasteiger partial charge in [-0.2, -0.15) is 0 Å². The molecule has 2 aliphatic heterocycles. The molecule has 4 rings (SSSR count). The maximum Gasteiger partial charge on any atom is 0.252 e. The van der Waals surface area contributed by atoms with Crippen LogP contribution in [0, 0.1) is 5.92 Å². The molecule has 1 fully saturated rings. The van der Waals surface area contributed by atoms with Gasteiger partial charge in [0.2, 0.25) is 5.91 Å². The van der Waals surface area contributed by atoms with Crippen LogP contribution in [-0.2, 0) is 11.2 Å². The van der Waals surface area contributed by atoms with E-state index in [0.29, 0.717) is 17.9 Å². The highest BCUT2D eigenvalue weighted by atomic mass is 16.2. The summed E-state index contributed by atoms with van der Waals surface area (Å²) in [5, 5.41) is 3.00. The zero-order valence-electron chi connectivity index (χ0n) is 17.7. The molecule has 0 aromatic heterocycles. The molecule has 1 N–H and O–H groups in total. The van der Waals surface area contributed by atoms with E-state index in [1.54, 1.807) is 0 Å². The van der Waals surface area contributed by atoms with Crippen LogP contribution in [0.1, 0.15) is 46.8 Å². The number of carbonyl (C=O) groups excluding carboxylic acids is 2. The Morgan fingerprint density at radius 3 is 2.53 bits per heavy atom. The first-order valence-electron chi connectivity index (χ1n) is 11.0. The molecular formula is C25H31N3O2. The average Bonchev–Trinajstić information content (AvgIpc) is 3.08. The molecule has 2 aromatic rings. The van der Waals surface area contributed by atoms with Crippen molar-refractivity contribution in [3.63, 3.8) is 0 Å². The number of carbonyl (C=O) groups is 2. The second-order valence-corrected chi connectivity index (χ2v) is 8.64. The average molecular weight is 406 g/mol. The zero-order chi connectivity index (χ0) is 20.9. The molecule has 1 atom stereocenters. The standard InChI is InChI=1S/C25H31N3O2/c1-27-14-11-20(12-15-27)18-28(16-13-19-7-3-2-4-8-19)24(29)17-23-21-9-5-6-10-22(21)25(30)26-23/h2-10,20,23H,11-18H2,1H3,(H,26,30). The molecular weight excluding hydrogens is 374 g/mol. The van der Waals surface area contributed by atoms with Gasteiger partial charge in [-0.3, -0.25) is 9.59 Å². The molecule has 2 aromatic carbocycles. The minimum atomic E-state index is -0.224. The topological polar surface area (TPSA) is 52.6 Å². The molecule has 0 saturated carbocycles. The van der Waals surface area contributed by atoms with Gasteiger partial charge in [0.15, 0.2) is 0 Å². The first-order valence-corrected chi connectivity index (χ1v) is 11.0. The van der Waals surface area contributed by atoms with Crippen molar-refractivity contribution < 1.29 is 9.59 Å². The van der Waals surface area contributed by atoms with E-state index in [2.05, 4.69) is 29.4 Å². The van der Waals surface area contributed by atoms with Crippen LogP contribution in [0.25, 0.3) is 0 Å². The molecule has 0 bridgehead atoms. The lowest BCUT2D eigenvalue weighted by atomic mass is 9.95. The summed E-state index contributed by atoms with van der Waals surface area (Å²) < 4.78 is 0. The van der Waals surface area contributed by atoms with E-state index >= 15 is 0 Å². The number of nitrogens with one attached hydrogen (secondary N) is 1. The van der Waals surface area contributed by atoms with E-state index in [9.17, 15) is 9.59 Å². The van der Waals surface area contributed by atoms with Crippen molar-refractivity contribution in [2.75, 3.05) is 33.2 Å². The summed E-state index contributed by atoms with van der Waals surface area (Å²) in [6, 6.07) is 17.7. The summed E-state index contributed by atoms with van der Waals surface area (Å²) in [6.07, 6.45) is 3.44. The van der Waals surface area contributed by atoms with E-state index in [4.69, 9.17) is 0 Å². The fourth-order valence-electron chi connectivity index (χ4n) is 4.57. The van der Waals surface area contributed by atoms with Crippen LogP contribution in [0.5, 0.6) is 0 Å². The maximum atomic E-state index is 13.3. The normalized spacial score (nSPS) is 19.4. The van der Waals surface area contributed by atoms with Gasteiger partial charge in [-0.1, -0.05) is 48.5 Å². The zero-order valence-corrected chi connectivity index (χ0v) is 17.7. The van der Waals surface area contributed by atoms with E-state index in [0.717, 1.165) is 51.0 Å². The van der Waals surface area contributed by atoms with Crippen LogP contribution in [0.15, 0.2) is 54.6 Å². The van der Waals surface area contributed by atoms with Gasteiger partial charge in [-0.05, 0) is 62.5 Å². The Balaban J connectivity index is 1.44. The van der Waals surface area contributed by atoms with Crippen molar-refractivity contribution in [3.05, 3.63) is 71.3 Å². The Morgan fingerprint density at radius 2 is 1.77 bits per heavy atom. The summed E-state index contributed by atoms with van der Waals surface area (Å²) in [5.74, 6) is 0.604. The van der Waals surface area contributed by atoms with Crippen LogP contribution >= 0.6 is 0 Å². The van der Waals surface area contributed by atoms with Crippen molar-refractivity contribution in [2.45, 2.75) is 31.7 Å². The lowest BCUT2D eigenvalue weighted by Gasteiger charge is -2.33. The van der Waals surface area contributed by atoms with Crippen molar-refractivity contribution in [1.29, 1.82) is 0 Å². The molecule has 5 nitrogen and oxygen atoms in total. The molecule has 2 heterocycles. The van der Waals surface area contributed by atoms with Crippen molar-refractivity contribution in [1.82, 2.24) is 15.1 Å². The largest absolute Gasteiger partial charge is 0.345 e. The van der Waals surface area contributed by atoms with E-state index in [1.807, 2.05) is 47.4 Å². The highest BCUT2D eigenvalue weighted by Crippen LogP contribution is 2.28. The first kappa shape index (κ1) is 20.6.